The minimum absolute atomic E-state index is 0.758. The van der Waals surface area contributed by atoms with E-state index in [9.17, 15) is 0 Å². The smallest absolute Gasteiger partial charge is 0.102 e. The number of nitriles is 1. The van der Waals surface area contributed by atoms with Gasteiger partial charge in [0, 0.05) is 12.3 Å². The molecule has 0 unspecified atom stereocenters. The molecule has 1 rings (SSSR count). The first-order valence-electron chi connectivity index (χ1n) is 4.52. The lowest BCUT2D eigenvalue weighted by Crippen LogP contribution is -2.05. The second-order valence-corrected chi connectivity index (χ2v) is 4.01. The van der Waals surface area contributed by atoms with Crippen LogP contribution in [-0.4, -0.2) is 18.6 Å². The molecule has 0 aliphatic heterocycles. The van der Waals surface area contributed by atoms with Crippen molar-refractivity contribution >= 4 is 17.4 Å². The maximum Gasteiger partial charge on any atom is 0.102 e. The van der Waals surface area contributed by atoms with Crippen LogP contribution in [0.3, 0.4) is 0 Å². The maximum absolute atomic E-state index is 8.96. The molecule has 0 fully saturated rings. The molecule has 0 saturated carbocycles. The number of hydrogen-bond acceptors (Lipinski definition) is 3. The number of benzene rings is 1. The highest BCUT2D eigenvalue weighted by atomic mass is 32.2. The second-order valence-electron chi connectivity index (χ2n) is 3.03. The average Bonchev–Trinajstić information content (AvgIpc) is 2.18. The molecule has 74 valence electrons. The van der Waals surface area contributed by atoms with Crippen LogP contribution in [-0.2, 0) is 0 Å². The summed E-state index contributed by atoms with van der Waals surface area (Å²) in [6, 6.07) is 8.10. The molecule has 1 N–H and O–H groups in total. The molecule has 0 radical (unpaired) electrons. The quantitative estimate of drug-likeness (QED) is 0.769. The topological polar surface area (TPSA) is 35.8 Å². The zero-order valence-electron chi connectivity index (χ0n) is 8.50. The summed E-state index contributed by atoms with van der Waals surface area (Å²) in [5.41, 5.74) is 2.73. The van der Waals surface area contributed by atoms with E-state index in [0.29, 0.717) is 0 Å². The number of nitrogens with zero attached hydrogens (tertiary/aromatic N) is 1. The second kappa shape index (κ2) is 5.56. The van der Waals surface area contributed by atoms with Crippen molar-refractivity contribution in [1.29, 1.82) is 5.26 Å². The van der Waals surface area contributed by atoms with E-state index in [-0.39, 0.29) is 0 Å². The summed E-state index contributed by atoms with van der Waals surface area (Å²) in [6.07, 6.45) is 2.07. The summed E-state index contributed by atoms with van der Waals surface area (Å²) >= 11 is 1.79. The third-order valence-electron chi connectivity index (χ3n) is 2.01. The van der Waals surface area contributed by atoms with Gasteiger partial charge in [0.2, 0.25) is 0 Å². The van der Waals surface area contributed by atoms with Gasteiger partial charge in [-0.15, -0.1) is 0 Å². The molecule has 0 saturated heterocycles. The molecular formula is C11H14N2S. The average molecular weight is 206 g/mol. The van der Waals surface area contributed by atoms with E-state index in [1.807, 2.05) is 25.1 Å². The third kappa shape index (κ3) is 2.68. The van der Waals surface area contributed by atoms with Gasteiger partial charge in [-0.2, -0.15) is 17.0 Å². The number of aryl methyl sites for hydroxylation is 1. The normalized spacial score (nSPS) is 9.50. The van der Waals surface area contributed by atoms with Gasteiger partial charge in [0.05, 0.1) is 11.3 Å². The molecule has 2 nitrogen and oxygen atoms in total. The highest BCUT2D eigenvalue weighted by molar-refractivity contribution is 7.98. The molecule has 0 spiro atoms. The van der Waals surface area contributed by atoms with Crippen molar-refractivity contribution < 1.29 is 0 Å². The Morgan fingerprint density at radius 3 is 2.93 bits per heavy atom. The fourth-order valence-corrected chi connectivity index (χ4v) is 1.56. The molecule has 0 aliphatic carbocycles. The van der Waals surface area contributed by atoms with Crippen molar-refractivity contribution in [2.45, 2.75) is 6.92 Å². The highest BCUT2D eigenvalue weighted by Gasteiger charge is 2.02. The summed E-state index contributed by atoms with van der Waals surface area (Å²) in [5.74, 6) is 1.05. The molecule has 0 aliphatic rings. The van der Waals surface area contributed by atoms with Crippen LogP contribution in [0.5, 0.6) is 0 Å². The molecule has 0 amide bonds. The van der Waals surface area contributed by atoms with Gasteiger partial charge in [0.25, 0.3) is 0 Å². The fraction of sp³-hybridized carbons (Fsp3) is 0.364. The van der Waals surface area contributed by atoms with E-state index in [2.05, 4.69) is 17.6 Å². The molecule has 0 heterocycles. The lowest BCUT2D eigenvalue weighted by molar-refractivity contribution is 1.22. The van der Waals surface area contributed by atoms with Gasteiger partial charge in [0.1, 0.15) is 6.07 Å². The zero-order chi connectivity index (χ0) is 10.4. The predicted octanol–water partition coefficient (Wildman–Crippen LogP) is 2.64. The first kappa shape index (κ1) is 10.9. The van der Waals surface area contributed by atoms with Crippen molar-refractivity contribution in [2.75, 3.05) is 23.9 Å². The Hall–Kier alpha value is -1.14. The van der Waals surface area contributed by atoms with Gasteiger partial charge in [-0.3, -0.25) is 0 Å². The van der Waals surface area contributed by atoms with Crippen molar-refractivity contribution in [3.63, 3.8) is 0 Å². The number of rotatable bonds is 4. The van der Waals surface area contributed by atoms with Crippen molar-refractivity contribution in [3.8, 4) is 6.07 Å². The number of anilines is 1. The van der Waals surface area contributed by atoms with Crippen LogP contribution in [0, 0.1) is 18.3 Å². The van der Waals surface area contributed by atoms with Crippen LogP contribution < -0.4 is 5.32 Å². The summed E-state index contributed by atoms with van der Waals surface area (Å²) in [5, 5.41) is 12.2. The molecule has 3 heteroatoms. The van der Waals surface area contributed by atoms with Gasteiger partial charge in [-0.25, -0.2) is 0 Å². The van der Waals surface area contributed by atoms with E-state index in [1.54, 1.807) is 11.8 Å². The SMILES string of the molecule is CSCCNc1cccc(C)c1C#N. The first-order valence-corrected chi connectivity index (χ1v) is 5.91. The fourth-order valence-electron chi connectivity index (χ4n) is 1.25. The summed E-state index contributed by atoms with van der Waals surface area (Å²) in [6.45, 7) is 2.86. The molecule has 1 aromatic carbocycles. The highest BCUT2D eigenvalue weighted by Crippen LogP contribution is 2.17. The van der Waals surface area contributed by atoms with Crippen molar-refractivity contribution in [2.24, 2.45) is 0 Å². The predicted molar refractivity (Wildman–Crippen MR) is 62.8 cm³/mol. The van der Waals surface area contributed by atoms with Crippen LogP contribution in [0.25, 0.3) is 0 Å². The van der Waals surface area contributed by atoms with Gasteiger partial charge in [-0.1, -0.05) is 12.1 Å². The number of hydrogen-bond donors (Lipinski definition) is 1. The van der Waals surface area contributed by atoms with Crippen LogP contribution >= 0.6 is 11.8 Å². The van der Waals surface area contributed by atoms with Crippen LogP contribution in [0.1, 0.15) is 11.1 Å². The minimum atomic E-state index is 0.758. The van der Waals surface area contributed by atoms with Crippen molar-refractivity contribution in [1.82, 2.24) is 0 Å². The summed E-state index contributed by atoms with van der Waals surface area (Å²) in [4.78, 5) is 0. The summed E-state index contributed by atoms with van der Waals surface area (Å²) < 4.78 is 0. The van der Waals surface area contributed by atoms with Crippen LogP contribution in [0.4, 0.5) is 5.69 Å². The van der Waals surface area contributed by atoms with E-state index in [1.165, 1.54) is 0 Å². The van der Waals surface area contributed by atoms with Crippen molar-refractivity contribution in [3.05, 3.63) is 29.3 Å². The Labute approximate surface area is 89.3 Å². The van der Waals surface area contributed by atoms with Crippen LogP contribution in [0.2, 0.25) is 0 Å². The molecular weight excluding hydrogens is 192 g/mol. The number of thioether (sulfide) groups is 1. The number of nitrogens with one attached hydrogen (secondary N) is 1. The molecule has 1 aromatic rings. The molecule has 14 heavy (non-hydrogen) atoms. The van der Waals surface area contributed by atoms with E-state index in [0.717, 1.165) is 29.1 Å². The standard InChI is InChI=1S/C11H14N2S/c1-9-4-3-5-11(10(9)8-12)13-6-7-14-2/h3-5,13H,6-7H2,1-2H3. The summed E-state index contributed by atoms with van der Waals surface area (Å²) in [7, 11) is 0. The van der Waals surface area contributed by atoms with Crippen LogP contribution in [0.15, 0.2) is 18.2 Å². The van der Waals surface area contributed by atoms with Gasteiger partial charge in [0.15, 0.2) is 0 Å². The Morgan fingerprint density at radius 1 is 1.50 bits per heavy atom. The third-order valence-corrected chi connectivity index (χ3v) is 2.62. The molecule has 0 bridgehead atoms. The Morgan fingerprint density at radius 2 is 2.29 bits per heavy atom. The first-order chi connectivity index (χ1) is 6.79. The Balaban J connectivity index is 2.76. The van der Waals surface area contributed by atoms with Gasteiger partial charge >= 0.3 is 0 Å². The van der Waals surface area contributed by atoms with E-state index in [4.69, 9.17) is 5.26 Å². The lowest BCUT2D eigenvalue weighted by atomic mass is 10.1. The Bertz CT molecular complexity index is 342. The minimum Gasteiger partial charge on any atom is -0.383 e. The molecule has 0 aromatic heterocycles. The van der Waals surface area contributed by atoms with Gasteiger partial charge in [-0.05, 0) is 24.8 Å². The monoisotopic (exact) mass is 206 g/mol. The van der Waals surface area contributed by atoms with Gasteiger partial charge < -0.3 is 5.32 Å². The lowest BCUT2D eigenvalue weighted by Gasteiger charge is -2.08. The van der Waals surface area contributed by atoms with E-state index >= 15 is 0 Å². The maximum atomic E-state index is 8.96. The van der Waals surface area contributed by atoms with E-state index < -0.39 is 0 Å². The Kier molecular flexibility index (Phi) is 4.34. The zero-order valence-corrected chi connectivity index (χ0v) is 9.32. The molecule has 0 atom stereocenters. The largest absolute Gasteiger partial charge is 0.383 e.